The van der Waals surface area contributed by atoms with Gasteiger partial charge in [0.25, 0.3) is 0 Å². The SMILES string of the molecule is COc1ccc([C@H]2c3[nH]c4ccc(Cl)cc4c3CCN2C(=O)Nc2ccc(C)cc2C)cc1. The number of urea groups is 1. The minimum Gasteiger partial charge on any atom is -0.497 e. The fourth-order valence-corrected chi connectivity index (χ4v) is 4.93. The minimum absolute atomic E-state index is 0.120. The quantitative estimate of drug-likeness (QED) is 0.361. The van der Waals surface area contributed by atoms with Crippen LogP contribution in [-0.4, -0.2) is 29.6 Å². The van der Waals surface area contributed by atoms with E-state index < -0.39 is 0 Å². The largest absolute Gasteiger partial charge is 0.497 e. The molecule has 0 spiro atoms. The Hall–Kier alpha value is -3.44. The number of aromatic amines is 1. The van der Waals surface area contributed by atoms with Gasteiger partial charge in [-0.25, -0.2) is 4.79 Å². The van der Waals surface area contributed by atoms with Gasteiger partial charge in [0.05, 0.1) is 13.2 Å². The number of halogens is 1. The average Bonchev–Trinajstić information content (AvgIpc) is 3.18. The molecular formula is C27H26ClN3O2. The van der Waals surface area contributed by atoms with Gasteiger partial charge in [-0.3, -0.25) is 0 Å². The van der Waals surface area contributed by atoms with Gasteiger partial charge in [-0.2, -0.15) is 0 Å². The number of amides is 2. The molecule has 2 amide bonds. The lowest BCUT2D eigenvalue weighted by atomic mass is 9.92. The molecule has 0 radical (unpaired) electrons. The summed E-state index contributed by atoms with van der Waals surface area (Å²) in [6.07, 6.45) is 0.753. The Morgan fingerprint density at radius 3 is 2.61 bits per heavy atom. The first-order valence-corrected chi connectivity index (χ1v) is 11.4. The highest BCUT2D eigenvalue weighted by Crippen LogP contribution is 2.39. The molecule has 0 saturated carbocycles. The zero-order chi connectivity index (χ0) is 23.1. The van der Waals surface area contributed by atoms with E-state index in [1.165, 1.54) is 11.1 Å². The Kier molecular flexibility index (Phi) is 5.51. The Morgan fingerprint density at radius 1 is 1.09 bits per heavy atom. The lowest BCUT2D eigenvalue weighted by molar-refractivity contribution is 0.193. The van der Waals surface area contributed by atoms with Crippen molar-refractivity contribution in [3.8, 4) is 5.75 Å². The van der Waals surface area contributed by atoms with Crippen molar-refractivity contribution in [1.29, 1.82) is 0 Å². The molecule has 0 aliphatic carbocycles. The van der Waals surface area contributed by atoms with Crippen LogP contribution in [0.2, 0.25) is 5.02 Å². The van der Waals surface area contributed by atoms with Crippen LogP contribution in [0.4, 0.5) is 10.5 Å². The lowest BCUT2D eigenvalue weighted by Gasteiger charge is -2.36. The molecule has 1 atom stereocenters. The number of ether oxygens (including phenoxy) is 1. The van der Waals surface area contributed by atoms with Crippen molar-refractivity contribution >= 4 is 34.2 Å². The maximum absolute atomic E-state index is 13.5. The monoisotopic (exact) mass is 459 g/mol. The number of rotatable bonds is 3. The molecule has 2 N–H and O–H groups in total. The number of benzene rings is 3. The van der Waals surface area contributed by atoms with Crippen molar-refractivity contribution in [2.24, 2.45) is 0 Å². The van der Waals surface area contributed by atoms with E-state index in [4.69, 9.17) is 16.3 Å². The molecule has 1 aromatic heterocycles. The Morgan fingerprint density at radius 2 is 1.88 bits per heavy atom. The Labute approximate surface area is 198 Å². The Balaban J connectivity index is 1.58. The normalized spacial score (nSPS) is 15.4. The van der Waals surface area contributed by atoms with Crippen LogP contribution in [-0.2, 0) is 6.42 Å². The van der Waals surface area contributed by atoms with Crippen LogP contribution in [0.1, 0.15) is 34.0 Å². The van der Waals surface area contributed by atoms with Crippen LogP contribution in [0, 0.1) is 13.8 Å². The number of carbonyl (C=O) groups excluding carboxylic acids is 1. The highest BCUT2D eigenvalue weighted by Gasteiger charge is 2.34. The van der Waals surface area contributed by atoms with E-state index in [9.17, 15) is 4.79 Å². The number of anilines is 1. The second kappa shape index (κ2) is 8.49. The highest BCUT2D eigenvalue weighted by molar-refractivity contribution is 6.31. The summed E-state index contributed by atoms with van der Waals surface area (Å²) < 4.78 is 5.35. The van der Waals surface area contributed by atoms with Crippen molar-refractivity contribution in [2.45, 2.75) is 26.3 Å². The van der Waals surface area contributed by atoms with E-state index in [0.29, 0.717) is 11.6 Å². The van der Waals surface area contributed by atoms with Gasteiger partial charge >= 0.3 is 6.03 Å². The molecule has 0 fully saturated rings. The van der Waals surface area contributed by atoms with Crippen molar-refractivity contribution in [3.05, 3.63) is 93.6 Å². The zero-order valence-electron chi connectivity index (χ0n) is 18.9. The number of aromatic nitrogens is 1. The van der Waals surface area contributed by atoms with Crippen molar-refractivity contribution in [1.82, 2.24) is 9.88 Å². The van der Waals surface area contributed by atoms with E-state index in [1.54, 1.807) is 7.11 Å². The van der Waals surface area contributed by atoms with Gasteiger partial charge in [-0.15, -0.1) is 0 Å². The molecule has 2 heterocycles. The summed E-state index contributed by atoms with van der Waals surface area (Å²) in [7, 11) is 1.65. The van der Waals surface area contributed by atoms with Crippen LogP contribution in [0.5, 0.6) is 5.75 Å². The number of carbonyl (C=O) groups is 1. The third kappa shape index (κ3) is 3.93. The molecule has 33 heavy (non-hydrogen) atoms. The second-order valence-corrected chi connectivity index (χ2v) is 9.01. The van der Waals surface area contributed by atoms with Crippen LogP contribution in [0.3, 0.4) is 0 Å². The van der Waals surface area contributed by atoms with E-state index in [-0.39, 0.29) is 12.1 Å². The molecule has 5 nitrogen and oxygen atoms in total. The third-order valence-corrected chi connectivity index (χ3v) is 6.64. The number of nitrogens with zero attached hydrogens (tertiary/aromatic N) is 1. The van der Waals surface area contributed by atoms with E-state index in [1.807, 2.05) is 73.3 Å². The van der Waals surface area contributed by atoms with Gasteiger partial charge in [0.15, 0.2) is 0 Å². The van der Waals surface area contributed by atoms with Crippen molar-refractivity contribution in [2.75, 3.05) is 19.0 Å². The van der Waals surface area contributed by atoms with Crippen LogP contribution < -0.4 is 10.1 Å². The number of methoxy groups -OCH3 is 1. The first kappa shape index (κ1) is 21.4. The van der Waals surface area contributed by atoms with Gasteiger partial charge < -0.3 is 19.9 Å². The average molecular weight is 460 g/mol. The molecule has 0 unspecified atom stereocenters. The van der Waals surface area contributed by atoms with Gasteiger partial charge in [0.2, 0.25) is 0 Å². The van der Waals surface area contributed by atoms with Crippen molar-refractivity contribution < 1.29 is 9.53 Å². The first-order valence-electron chi connectivity index (χ1n) is 11.0. The van der Waals surface area contributed by atoms with Crippen LogP contribution in [0.25, 0.3) is 10.9 Å². The first-order chi connectivity index (χ1) is 15.9. The summed E-state index contributed by atoms with van der Waals surface area (Å²) >= 11 is 6.30. The maximum Gasteiger partial charge on any atom is 0.322 e. The summed E-state index contributed by atoms with van der Waals surface area (Å²) in [6, 6.07) is 19.5. The fraction of sp³-hybridized carbons (Fsp3) is 0.222. The molecular weight excluding hydrogens is 434 g/mol. The second-order valence-electron chi connectivity index (χ2n) is 8.57. The van der Waals surface area contributed by atoms with E-state index >= 15 is 0 Å². The smallest absolute Gasteiger partial charge is 0.322 e. The number of nitrogens with one attached hydrogen (secondary N) is 2. The van der Waals surface area contributed by atoms with E-state index in [0.717, 1.165) is 45.6 Å². The van der Waals surface area contributed by atoms with Gasteiger partial charge in [0, 0.05) is 33.9 Å². The predicted octanol–water partition coefficient (Wildman–Crippen LogP) is 6.63. The summed E-state index contributed by atoms with van der Waals surface area (Å²) in [5.41, 5.74) is 7.32. The maximum atomic E-state index is 13.5. The van der Waals surface area contributed by atoms with Gasteiger partial charge in [0.1, 0.15) is 5.75 Å². The Bertz CT molecular complexity index is 1340. The standard InChI is InChI=1S/C27H26ClN3O2/c1-16-4-10-23(17(2)14-16)30-27(32)31-13-12-21-22-15-19(28)7-11-24(22)29-25(21)26(31)18-5-8-20(33-3)9-6-18/h4-11,14-15,26,29H,12-13H2,1-3H3,(H,30,32)/t26-/m0/s1. The molecule has 168 valence electrons. The number of hydrogen-bond acceptors (Lipinski definition) is 2. The molecule has 1 aliphatic rings. The zero-order valence-corrected chi connectivity index (χ0v) is 19.7. The minimum atomic E-state index is -0.253. The molecule has 1 aliphatic heterocycles. The molecule has 4 aromatic rings. The predicted molar refractivity (Wildman–Crippen MR) is 133 cm³/mol. The summed E-state index contributed by atoms with van der Waals surface area (Å²) in [5, 5.41) is 4.96. The summed E-state index contributed by atoms with van der Waals surface area (Å²) in [4.78, 5) is 19.0. The third-order valence-electron chi connectivity index (χ3n) is 6.40. The molecule has 3 aromatic carbocycles. The van der Waals surface area contributed by atoms with Crippen LogP contribution in [0.15, 0.2) is 60.7 Å². The fourth-order valence-electron chi connectivity index (χ4n) is 4.75. The van der Waals surface area contributed by atoms with E-state index in [2.05, 4.69) is 16.4 Å². The number of hydrogen-bond donors (Lipinski definition) is 2. The van der Waals surface area contributed by atoms with Crippen LogP contribution >= 0.6 is 11.6 Å². The number of H-pyrrole nitrogens is 1. The molecule has 5 rings (SSSR count). The number of fused-ring (bicyclic) bond motifs is 3. The highest BCUT2D eigenvalue weighted by atomic mass is 35.5. The van der Waals surface area contributed by atoms with Gasteiger partial charge in [-0.1, -0.05) is 41.4 Å². The molecule has 6 heteroatoms. The topological polar surface area (TPSA) is 57.4 Å². The lowest BCUT2D eigenvalue weighted by Crippen LogP contribution is -2.43. The number of aryl methyl sites for hydroxylation is 2. The summed E-state index contributed by atoms with van der Waals surface area (Å²) in [6.45, 7) is 4.66. The van der Waals surface area contributed by atoms with Gasteiger partial charge in [-0.05, 0) is 73.4 Å². The molecule has 0 bridgehead atoms. The van der Waals surface area contributed by atoms with Crippen molar-refractivity contribution in [3.63, 3.8) is 0 Å². The molecule has 0 saturated heterocycles. The summed E-state index contributed by atoms with van der Waals surface area (Å²) in [5.74, 6) is 0.782.